The number of ether oxygens (including phenoxy) is 2. The number of hydrogen-bond acceptors (Lipinski definition) is 7. The Bertz CT molecular complexity index is 1790. The topological polar surface area (TPSA) is 140 Å². The average molecular weight is 596 g/mol. The molecule has 0 radical (unpaired) electrons. The van der Waals surface area contributed by atoms with Crippen molar-refractivity contribution in [3.8, 4) is 11.5 Å². The molecule has 41 heavy (non-hydrogen) atoms. The second kappa shape index (κ2) is 11.9. The lowest BCUT2D eigenvalue weighted by Gasteiger charge is -2.14. The summed E-state index contributed by atoms with van der Waals surface area (Å²) in [5.41, 5.74) is 2.49. The molecule has 0 heterocycles. The van der Waals surface area contributed by atoms with Gasteiger partial charge in [-0.3, -0.25) is 14.2 Å². The van der Waals surface area contributed by atoms with Gasteiger partial charge in [-0.25, -0.2) is 16.8 Å². The van der Waals surface area contributed by atoms with Crippen LogP contribution in [0.15, 0.2) is 94.7 Å². The fourth-order valence-corrected chi connectivity index (χ4v) is 6.27. The summed E-state index contributed by atoms with van der Waals surface area (Å²) in [5.74, 6) is 0.193. The third-order valence-electron chi connectivity index (χ3n) is 6.12. The molecular formula is C29H29N3O7S2. The van der Waals surface area contributed by atoms with Crippen molar-refractivity contribution in [1.29, 1.82) is 0 Å². The van der Waals surface area contributed by atoms with E-state index in [1.54, 1.807) is 49.4 Å². The first-order valence-corrected chi connectivity index (χ1v) is 15.2. The van der Waals surface area contributed by atoms with Crippen LogP contribution in [0.2, 0.25) is 0 Å². The maximum absolute atomic E-state index is 13.1. The molecule has 4 rings (SSSR count). The van der Waals surface area contributed by atoms with Crippen molar-refractivity contribution < 1.29 is 31.1 Å². The molecule has 0 aliphatic rings. The van der Waals surface area contributed by atoms with E-state index in [1.165, 1.54) is 56.7 Å². The van der Waals surface area contributed by atoms with Crippen molar-refractivity contribution in [3.05, 3.63) is 102 Å². The third-order valence-corrected chi connectivity index (χ3v) is 9.02. The van der Waals surface area contributed by atoms with Crippen LogP contribution in [-0.2, 0) is 20.0 Å². The monoisotopic (exact) mass is 595 g/mol. The van der Waals surface area contributed by atoms with Crippen LogP contribution >= 0.6 is 0 Å². The molecule has 0 atom stereocenters. The highest BCUT2D eigenvalue weighted by Gasteiger charge is 2.21. The van der Waals surface area contributed by atoms with E-state index in [0.29, 0.717) is 28.4 Å². The summed E-state index contributed by atoms with van der Waals surface area (Å²) in [6.07, 6.45) is 0. The summed E-state index contributed by atoms with van der Waals surface area (Å²) >= 11 is 0. The standard InChI is InChI=1S/C29H29N3O7S2/c1-19-5-9-23(10-6-19)31-41(36,37)28-17-21(8-7-20(28)2)29(33)30-22-11-14-25(15-12-22)40(34,35)32-26-18-24(38-3)13-16-27(26)39-4/h5-18,31-32H,1-4H3,(H,30,33). The van der Waals surface area contributed by atoms with Gasteiger partial charge in [-0.15, -0.1) is 0 Å². The first kappa shape index (κ1) is 29.4. The van der Waals surface area contributed by atoms with Crippen LogP contribution in [0.3, 0.4) is 0 Å². The molecule has 1 amide bonds. The molecule has 12 heteroatoms. The van der Waals surface area contributed by atoms with Gasteiger partial charge in [0.15, 0.2) is 0 Å². The van der Waals surface area contributed by atoms with Crippen molar-refractivity contribution in [2.75, 3.05) is 29.0 Å². The van der Waals surface area contributed by atoms with Gasteiger partial charge in [0.25, 0.3) is 26.0 Å². The molecule has 4 aromatic carbocycles. The molecule has 0 spiro atoms. The molecular weight excluding hydrogens is 566 g/mol. The van der Waals surface area contributed by atoms with Crippen molar-refractivity contribution >= 4 is 43.0 Å². The molecule has 4 aromatic rings. The lowest BCUT2D eigenvalue weighted by Crippen LogP contribution is -2.17. The maximum atomic E-state index is 13.1. The van der Waals surface area contributed by atoms with Crippen molar-refractivity contribution in [3.63, 3.8) is 0 Å². The highest BCUT2D eigenvalue weighted by Crippen LogP contribution is 2.31. The van der Waals surface area contributed by atoms with Gasteiger partial charge in [-0.2, -0.15) is 0 Å². The first-order chi connectivity index (χ1) is 19.4. The maximum Gasteiger partial charge on any atom is 0.262 e. The van der Waals surface area contributed by atoms with Crippen molar-refractivity contribution in [2.24, 2.45) is 0 Å². The Balaban J connectivity index is 1.50. The number of anilines is 3. The van der Waals surface area contributed by atoms with E-state index in [2.05, 4.69) is 14.8 Å². The molecule has 0 aliphatic heterocycles. The quantitative estimate of drug-likeness (QED) is 0.230. The highest BCUT2D eigenvalue weighted by molar-refractivity contribution is 7.93. The van der Waals surface area contributed by atoms with E-state index < -0.39 is 26.0 Å². The minimum atomic E-state index is -4.00. The van der Waals surface area contributed by atoms with Gasteiger partial charge in [0.2, 0.25) is 0 Å². The Morgan fingerprint density at radius 1 is 0.683 bits per heavy atom. The lowest BCUT2D eigenvalue weighted by molar-refractivity contribution is 0.102. The van der Waals surface area contributed by atoms with E-state index in [9.17, 15) is 21.6 Å². The number of methoxy groups -OCH3 is 2. The van der Waals surface area contributed by atoms with Crippen LogP contribution in [-0.4, -0.2) is 37.0 Å². The van der Waals surface area contributed by atoms with E-state index >= 15 is 0 Å². The summed E-state index contributed by atoms with van der Waals surface area (Å²) in [7, 11) is -5.07. The fraction of sp³-hybridized carbons (Fsp3) is 0.138. The minimum Gasteiger partial charge on any atom is -0.497 e. The SMILES string of the molecule is COc1ccc(OC)c(NS(=O)(=O)c2ccc(NC(=O)c3ccc(C)c(S(=O)(=O)Nc4ccc(C)cc4)c3)cc2)c1. The zero-order valence-corrected chi connectivity index (χ0v) is 24.4. The second-order valence-corrected chi connectivity index (χ2v) is 12.4. The van der Waals surface area contributed by atoms with Crippen LogP contribution in [0.25, 0.3) is 0 Å². The van der Waals surface area contributed by atoms with Crippen LogP contribution in [0.1, 0.15) is 21.5 Å². The Morgan fingerprint density at radius 3 is 1.98 bits per heavy atom. The normalized spacial score (nSPS) is 11.4. The summed E-state index contributed by atoms with van der Waals surface area (Å²) in [6, 6.07) is 21.5. The highest BCUT2D eigenvalue weighted by atomic mass is 32.2. The molecule has 0 fully saturated rings. The number of benzene rings is 4. The number of carbonyl (C=O) groups is 1. The van der Waals surface area contributed by atoms with E-state index in [0.717, 1.165) is 5.56 Å². The van der Waals surface area contributed by atoms with Gasteiger partial charge in [0.1, 0.15) is 11.5 Å². The van der Waals surface area contributed by atoms with Crippen LogP contribution in [0.4, 0.5) is 17.1 Å². The third kappa shape index (κ3) is 6.97. The minimum absolute atomic E-state index is 0.0359. The lowest BCUT2D eigenvalue weighted by atomic mass is 10.1. The molecule has 0 unspecified atom stereocenters. The molecule has 0 aromatic heterocycles. The molecule has 0 saturated heterocycles. The summed E-state index contributed by atoms with van der Waals surface area (Å²) in [6.45, 7) is 3.54. The van der Waals surface area contributed by atoms with Crippen LogP contribution < -0.4 is 24.2 Å². The number of aryl methyl sites for hydroxylation is 2. The first-order valence-electron chi connectivity index (χ1n) is 12.3. The Morgan fingerprint density at radius 2 is 1.34 bits per heavy atom. The molecule has 0 aliphatic carbocycles. The average Bonchev–Trinajstić information content (AvgIpc) is 2.94. The molecule has 3 N–H and O–H groups in total. The van der Waals surface area contributed by atoms with Gasteiger partial charge in [-0.05, 0) is 80.1 Å². The number of sulfonamides is 2. The Labute approximate surface area is 239 Å². The van der Waals surface area contributed by atoms with Gasteiger partial charge < -0.3 is 14.8 Å². The number of hydrogen-bond donors (Lipinski definition) is 3. The predicted molar refractivity (Wildman–Crippen MR) is 158 cm³/mol. The number of nitrogens with one attached hydrogen (secondary N) is 3. The Hall–Kier alpha value is -4.55. The second-order valence-electron chi connectivity index (χ2n) is 9.10. The van der Waals surface area contributed by atoms with Crippen molar-refractivity contribution in [1.82, 2.24) is 0 Å². The summed E-state index contributed by atoms with van der Waals surface area (Å²) in [4.78, 5) is 12.9. The number of carbonyl (C=O) groups excluding carboxylic acids is 1. The number of rotatable bonds is 10. The van der Waals surface area contributed by atoms with Crippen molar-refractivity contribution in [2.45, 2.75) is 23.6 Å². The summed E-state index contributed by atoms with van der Waals surface area (Å²) < 4.78 is 67.5. The van der Waals surface area contributed by atoms with Gasteiger partial charge in [0.05, 0.1) is 29.7 Å². The zero-order valence-electron chi connectivity index (χ0n) is 22.8. The smallest absolute Gasteiger partial charge is 0.262 e. The van der Waals surface area contributed by atoms with Gasteiger partial charge in [-0.1, -0.05) is 23.8 Å². The van der Waals surface area contributed by atoms with E-state index in [1.807, 2.05) is 6.92 Å². The zero-order chi connectivity index (χ0) is 29.8. The fourth-order valence-electron chi connectivity index (χ4n) is 3.88. The molecule has 0 bridgehead atoms. The molecule has 10 nitrogen and oxygen atoms in total. The number of amides is 1. The largest absolute Gasteiger partial charge is 0.497 e. The van der Waals surface area contributed by atoms with Crippen LogP contribution in [0.5, 0.6) is 11.5 Å². The summed E-state index contributed by atoms with van der Waals surface area (Å²) in [5, 5.41) is 2.67. The van der Waals surface area contributed by atoms with Gasteiger partial charge in [0, 0.05) is 23.0 Å². The predicted octanol–water partition coefficient (Wildman–Crippen LogP) is 5.17. The van der Waals surface area contributed by atoms with Gasteiger partial charge >= 0.3 is 0 Å². The Kier molecular flexibility index (Phi) is 8.55. The molecule has 214 valence electrons. The molecule has 0 saturated carbocycles. The van der Waals surface area contributed by atoms with Crippen LogP contribution in [0, 0.1) is 13.8 Å². The van der Waals surface area contributed by atoms with E-state index in [-0.39, 0.29) is 21.0 Å². The van der Waals surface area contributed by atoms with E-state index in [4.69, 9.17) is 9.47 Å².